The number of nitrogens with zero attached hydrogens (tertiary/aromatic N) is 2. The molecule has 3 aliphatic rings. The topological polar surface area (TPSA) is 36.4 Å². The summed E-state index contributed by atoms with van der Waals surface area (Å²) in [6.45, 7) is 6.11. The van der Waals surface area contributed by atoms with Crippen LogP contribution < -0.4 is 0 Å². The minimum Gasteiger partial charge on any atom is -0.387 e. The van der Waals surface area contributed by atoms with Crippen LogP contribution in [0.25, 0.3) is 10.9 Å². The molecule has 3 nitrogen and oxygen atoms in total. The van der Waals surface area contributed by atoms with E-state index < -0.39 is 6.10 Å². The minimum absolute atomic E-state index is 0.223. The highest BCUT2D eigenvalue weighted by molar-refractivity contribution is 5.82. The molecule has 2 aromatic rings. The van der Waals surface area contributed by atoms with E-state index in [1.54, 1.807) is 0 Å². The molecule has 0 spiro atoms. The Morgan fingerprint density at radius 1 is 1.32 bits per heavy atom. The largest absolute Gasteiger partial charge is 0.387 e. The molecule has 0 aliphatic carbocycles. The monoisotopic (exact) mass is 294 g/mol. The van der Waals surface area contributed by atoms with Crippen LogP contribution in [-0.2, 0) is 0 Å². The Morgan fingerprint density at radius 3 is 2.95 bits per heavy atom. The molecule has 3 aliphatic heterocycles. The summed E-state index contributed by atoms with van der Waals surface area (Å²) in [5.41, 5.74) is 1.97. The molecule has 0 radical (unpaired) electrons. The highest BCUT2D eigenvalue weighted by atomic mass is 16.3. The van der Waals surface area contributed by atoms with Gasteiger partial charge in [0.2, 0.25) is 0 Å². The first-order chi connectivity index (χ1) is 10.8. The third-order valence-corrected chi connectivity index (χ3v) is 5.52. The fraction of sp³-hybridized carbons (Fsp3) is 0.421. The van der Waals surface area contributed by atoms with E-state index in [1.165, 1.54) is 6.42 Å². The maximum atomic E-state index is 11.0. The van der Waals surface area contributed by atoms with Gasteiger partial charge in [0.1, 0.15) is 0 Å². The van der Waals surface area contributed by atoms with Gasteiger partial charge in [-0.3, -0.25) is 9.88 Å². The van der Waals surface area contributed by atoms with E-state index in [1.807, 2.05) is 30.5 Å². The number of aliphatic hydroxyl groups is 1. The number of piperidine rings is 3. The average Bonchev–Trinajstić information content (AvgIpc) is 2.60. The Labute approximate surface area is 131 Å². The van der Waals surface area contributed by atoms with Crippen LogP contribution in [0.3, 0.4) is 0 Å². The second-order valence-corrected chi connectivity index (χ2v) is 6.61. The van der Waals surface area contributed by atoms with Gasteiger partial charge in [0, 0.05) is 24.2 Å². The first-order valence-electron chi connectivity index (χ1n) is 8.16. The van der Waals surface area contributed by atoms with Gasteiger partial charge in [-0.2, -0.15) is 0 Å². The van der Waals surface area contributed by atoms with Crippen molar-refractivity contribution in [1.82, 2.24) is 9.88 Å². The molecule has 5 atom stereocenters. The first kappa shape index (κ1) is 13.9. The molecule has 1 aromatic carbocycles. The lowest BCUT2D eigenvalue weighted by Crippen LogP contribution is -2.54. The van der Waals surface area contributed by atoms with E-state index in [2.05, 4.69) is 28.6 Å². The van der Waals surface area contributed by atoms with Gasteiger partial charge < -0.3 is 5.11 Å². The van der Waals surface area contributed by atoms with Crippen LogP contribution in [0.5, 0.6) is 0 Å². The van der Waals surface area contributed by atoms with E-state index in [0.29, 0.717) is 11.8 Å². The molecular formula is C19H22N2O. The van der Waals surface area contributed by atoms with Gasteiger partial charge in [0.25, 0.3) is 0 Å². The summed E-state index contributed by atoms with van der Waals surface area (Å²) >= 11 is 0. The van der Waals surface area contributed by atoms with Crippen LogP contribution in [-0.4, -0.2) is 34.1 Å². The maximum absolute atomic E-state index is 11.0. The molecule has 5 rings (SSSR count). The van der Waals surface area contributed by atoms with Crippen LogP contribution >= 0.6 is 0 Å². The van der Waals surface area contributed by atoms with Gasteiger partial charge in [0.15, 0.2) is 0 Å². The van der Waals surface area contributed by atoms with Crippen molar-refractivity contribution in [2.75, 3.05) is 13.1 Å². The van der Waals surface area contributed by atoms with Gasteiger partial charge in [-0.1, -0.05) is 24.3 Å². The van der Waals surface area contributed by atoms with Crippen LogP contribution in [0.4, 0.5) is 0 Å². The summed E-state index contributed by atoms with van der Waals surface area (Å²) < 4.78 is 0. The molecule has 114 valence electrons. The van der Waals surface area contributed by atoms with Crippen LogP contribution in [0.15, 0.2) is 49.2 Å². The van der Waals surface area contributed by atoms with Crippen LogP contribution in [0.2, 0.25) is 0 Å². The third-order valence-electron chi connectivity index (χ3n) is 5.52. The van der Waals surface area contributed by atoms with Crippen molar-refractivity contribution in [3.8, 4) is 0 Å². The molecule has 4 heterocycles. The summed E-state index contributed by atoms with van der Waals surface area (Å²) in [6.07, 6.45) is 5.76. The number of hydrogen-bond acceptors (Lipinski definition) is 3. The molecule has 3 fully saturated rings. The second kappa shape index (κ2) is 5.49. The smallest absolute Gasteiger partial charge is 0.0952 e. The Bertz CT molecular complexity index is 693. The molecule has 0 amide bonds. The molecule has 1 N–H and O–H groups in total. The van der Waals surface area contributed by atoms with Gasteiger partial charge in [0.05, 0.1) is 11.6 Å². The van der Waals surface area contributed by atoms with Crippen molar-refractivity contribution in [2.24, 2.45) is 11.8 Å². The summed E-state index contributed by atoms with van der Waals surface area (Å²) in [7, 11) is 0. The maximum Gasteiger partial charge on any atom is 0.0952 e. The Hall–Kier alpha value is -1.71. The van der Waals surface area contributed by atoms with Crippen molar-refractivity contribution in [2.45, 2.75) is 25.0 Å². The van der Waals surface area contributed by atoms with E-state index >= 15 is 0 Å². The summed E-state index contributed by atoms with van der Waals surface area (Å²) in [6, 6.07) is 10.3. The molecule has 0 saturated carbocycles. The van der Waals surface area contributed by atoms with Gasteiger partial charge in [-0.05, 0) is 48.9 Å². The minimum atomic E-state index is -0.443. The summed E-state index contributed by atoms with van der Waals surface area (Å²) in [5.74, 6) is 1.27. The fourth-order valence-corrected chi connectivity index (χ4v) is 4.29. The van der Waals surface area contributed by atoms with E-state index in [4.69, 9.17) is 0 Å². The zero-order valence-electron chi connectivity index (χ0n) is 12.7. The normalized spacial score (nSPS) is 32.0. The first-order valence-corrected chi connectivity index (χ1v) is 8.16. The number of pyridine rings is 1. The lowest BCUT2D eigenvalue weighted by molar-refractivity contribution is -0.0444. The number of hydrogen-bond donors (Lipinski definition) is 1. The zero-order chi connectivity index (χ0) is 15.1. The molecule has 1 aromatic heterocycles. The third kappa shape index (κ3) is 2.16. The van der Waals surface area contributed by atoms with Crippen molar-refractivity contribution < 1.29 is 5.11 Å². The number of benzene rings is 1. The van der Waals surface area contributed by atoms with Crippen molar-refractivity contribution in [3.63, 3.8) is 0 Å². The highest BCUT2D eigenvalue weighted by Gasteiger charge is 2.42. The Balaban J connectivity index is 1.67. The number of para-hydroxylation sites is 1. The molecule has 3 heteroatoms. The van der Waals surface area contributed by atoms with E-state index in [0.717, 1.165) is 36.0 Å². The van der Waals surface area contributed by atoms with Crippen LogP contribution in [0, 0.1) is 11.8 Å². The quantitative estimate of drug-likeness (QED) is 0.883. The highest BCUT2D eigenvalue weighted by Crippen LogP contribution is 2.41. The predicted molar refractivity (Wildman–Crippen MR) is 88.5 cm³/mol. The molecule has 2 unspecified atom stereocenters. The standard InChI is InChI=1S/C19H22N2O/c1-2-13-12-21-10-8-14(13)11-18(21)19(22)16-7-9-20-17-6-4-3-5-15(16)17/h2-7,9,13-14,18-19,22H,1,8,10-12H2/t13-,14+,18-,19?/m0/s1. The SMILES string of the molecule is C=C[C@H]1CN2CC[C@@H]1C[C@H]2C(O)c1ccnc2ccccc12. The number of fused-ring (bicyclic) bond motifs is 4. The molecule has 2 bridgehead atoms. The van der Waals surface area contributed by atoms with Gasteiger partial charge in [-0.15, -0.1) is 6.58 Å². The summed E-state index contributed by atoms with van der Waals surface area (Å²) in [5, 5.41) is 12.1. The summed E-state index contributed by atoms with van der Waals surface area (Å²) in [4.78, 5) is 6.86. The second-order valence-electron chi connectivity index (χ2n) is 6.61. The van der Waals surface area contributed by atoms with Crippen molar-refractivity contribution in [1.29, 1.82) is 0 Å². The van der Waals surface area contributed by atoms with Gasteiger partial charge >= 0.3 is 0 Å². The number of rotatable bonds is 3. The van der Waals surface area contributed by atoms with E-state index in [-0.39, 0.29) is 6.04 Å². The molecular weight excluding hydrogens is 272 g/mol. The van der Waals surface area contributed by atoms with Crippen molar-refractivity contribution >= 4 is 10.9 Å². The number of aromatic nitrogens is 1. The average molecular weight is 294 g/mol. The fourth-order valence-electron chi connectivity index (χ4n) is 4.29. The lowest BCUT2D eigenvalue weighted by Gasteiger charge is -2.50. The zero-order valence-corrected chi connectivity index (χ0v) is 12.7. The lowest BCUT2D eigenvalue weighted by atomic mass is 9.73. The predicted octanol–water partition coefficient (Wildman–Crippen LogP) is 3.16. The number of aliphatic hydroxyl groups excluding tert-OH is 1. The molecule has 22 heavy (non-hydrogen) atoms. The van der Waals surface area contributed by atoms with Crippen LogP contribution in [0.1, 0.15) is 24.5 Å². The Morgan fingerprint density at radius 2 is 2.18 bits per heavy atom. The van der Waals surface area contributed by atoms with Gasteiger partial charge in [-0.25, -0.2) is 0 Å². The Kier molecular flexibility index (Phi) is 3.47. The van der Waals surface area contributed by atoms with Crippen molar-refractivity contribution in [3.05, 3.63) is 54.7 Å². The molecule has 3 saturated heterocycles. The van der Waals surface area contributed by atoms with E-state index in [9.17, 15) is 5.11 Å².